The highest BCUT2D eigenvalue weighted by molar-refractivity contribution is 7.16. The summed E-state index contributed by atoms with van der Waals surface area (Å²) in [6.07, 6.45) is 3.29. The quantitative estimate of drug-likeness (QED) is 0.709. The molecule has 1 aromatic heterocycles. The average molecular weight is 246 g/mol. The predicted octanol–water partition coefficient (Wildman–Crippen LogP) is 4.61. The van der Waals surface area contributed by atoms with E-state index in [1.54, 1.807) is 11.3 Å². The maximum Gasteiger partial charge on any atom is 0.0912 e. The van der Waals surface area contributed by atoms with E-state index < -0.39 is 0 Å². The molecule has 3 heteroatoms. The molecule has 0 aliphatic heterocycles. The number of allylic oxidation sites excluding steroid dienone is 1. The van der Waals surface area contributed by atoms with Crippen LogP contribution >= 0.6 is 22.9 Å². The number of rotatable bonds is 2. The molecule has 1 heterocycles. The molecule has 0 spiro atoms. The van der Waals surface area contributed by atoms with Crippen molar-refractivity contribution in [3.63, 3.8) is 0 Å². The molecule has 0 N–H and O–H groups in total. The van der Waals surface area contributed by atoms with Crippen LogP contribution in [0.5, 0.6) is 0 Å². The summed E-state index contributed by atoms with van der Waals surface area (Å²) in [6, 6.07) is 13.8. The molecule has 16 heavy (non-hydrogen) atoms. The number of halogens is 1. The summed E-state index contributed by atoms with van der Waals surface area (Å²) in [5.41, 5.74) is 1.14. The lowest BCUT2D eigenvalue weighted by Crippen LogP contribution is -1.69. The van der Waals surface area contributed by atoms with Gasteiger partial charge in [-0.1, -0.05) is 23.7 Å². The number of hydrogen-bond acceptors (Lipinski definition) is 2. The van der Waals surface area contributed by atoms with Gasteiger partial charge in [0, 0.05) is 20.9 Å². The van der Waals surface area contributed by atoms with Gasteiger partial charge in [0.1, 0.15) is 0 Å². The molecule has 0 amide bonds. The Hall–Kier alpha value is -1.56. The highest BCUT2D eigenvalue weighted by Crippen LogP contribution is 2.29. The Kier molecular flexibility index (Phi) is 3.40. The minimum atomic E-state index is 0.741. The van der Waals surface area contributed by atoms with Crippen LogP contribution in [0.4, 0.5) is 0 Å². The molecule has 0 saturated heterocycles. The molecule has 0 radical (unpaired) electrons. The highest BCUT2D eigenvalue weighted by atomic mass is 35.5. The molecule has 0 bridgehead atoms. The summed E-state index contributed by atoms with van der Waals surface area (Å²) >= 11 is 7.48. The van der Waals surface area contributed by atoms with Gasteiger partial charge in [-0.3, -0.25) is 0 Å². The van der Waals surface area contributed by atoms with Gasteiger partial charge in [0.2, 0.25) is 0 Å². The van der Waals surface area contributed by atoms with Gasteiger partial charge in [-0.15, -0.1) is 11.3 Å². The van der Waals surface area contributed by atoms with Crippen molar-refractivity contribution in [1.29, 1.82) is 5.26 Å². The van der Waals surface area contributed by atoms with Crippen LogP contribution in [-0.4, -0.2) is 0 Å². The molecule has 0 atom stereocenters. The second kappa shape index (κ2) is 4.98. The van der Waals surface area contributed by atoms with Crippen LogP contribution in [0.15, 0.2) is 42.5 Å². The first kappa shape index (κ1) is 10.9. The predicted molar refractivity (Wildman–Crippen MR) is 69.4 cm³/mol. The fourth-order valence-corrected chi connectivity index (χ4v) is 2.37. The molecule has 2 aromatic rings. The van der Waals surface area contributed by atoms with Gasteiger partial charge in [0.25, 0.3) is 0 Å². The fourth-order valence-electron chi connectivity index (χ4n) is 1.33. The number of thiophene rings is 1. The molecule has 78 valence electrons. The Labute approximate surface area is 103 Å². The van der Waals surface area contributed by atoms with Crippen LogP contribution in [0.25, 0.3) is 16.5 Å². The molecule has 0 saturated carbocycles. The SMILES string of the molecule is N#CC=Cc1ccc(-c2ccc(Cl)cc2)s1. The number of nitriles is 1. The van der Waals surface area contributed by atoms with Crippen LogP contribution in [0, 0.1) is 11.3 Å². The lowest BCUT2D eigenvalue weighted by molar-refractivity contribution is 1.54. The Morgan fingerprint density at radius 1 is 1.12 bits per heavy atom. The first-order valence-corrected chi connectivity index (χ1v) is 5.91. The van der Waals surface area contributed by atoms with Gasteiger partial charge in [0.05, 0.1) is 6.07 Å². The van der Waals surface area contributed by atoms with E-state index in [1.165, 1.54) is 11.0 Å². The highest BCUT2D eigenvalue weighted by Gasteiger charge is 2.00. The zero-order valence-corrected chi connectivity index (χ0v) is 9.92. The van der Waals surface area contributed by atoms with Crippen molar-refractivity contribution < 1.29 is 0 Å². The van der Waals surface area contributed by atoms with E-state index >= 15 is 0 Å². The Balaban J connectivity index is 2.28. The summed E-state index contributed by atoms with van der Waals surface area (Å²) in [6.45, 7) is 0. The molecule has 1 nitrogen and oxygen atoms in total. The molecular weight excluding hydrogens is 238 g/mol. The van der Waals surface area contributed by atoms with Crippen molar-refractivity contribution in [2.75, 3.05) is 0 Å². The minimum absolute atomic E-state index is 0.741. The van der Waals surface area contributed by atoms with Crippen LogP contribution in [-0.2, 0) is 0 Å². The lowest BCUT2D eigenvalue weighted by atomic mass is 10.2. The van der Waals surface area contributed by atoms with E-state index in [-0.39, 0.29) is 0 Å². The van der Waals surface area contributed by atoms with Gasteiger partial charge in [0.15, 0.2) is 0 Å². The maximum absolute atomic E-state index is 8.44. The standard InChI is InChI=1S/C13H8ClNS/c14-11-5-3-10(4-6-11)13-8-7-12(16-13)2-1-9-15/h1-8H. The minimum Gasteiger partial charge on any atom is -0.193 e. The molecular formula is C13H8ClNS. The zero-order valence-electron chi connectivity index (χ0n) is 8.35. The fraction of sp³-hybridized carbons (Fsp3) is 0. The molecule has 0 fully saturated rings. The van der Waals surface area contributed by atoms with Crippen molar-refractivity contribution >= 4 is 29.0 Å². The maximum atomic E-state index is 8.44. The average Bonchev–Trinajstić information content (AvgIpc) is 2.76. The van der Waals surface area contributed by atoms with Crippen LogP contribution in [0.1, 0.15) is 4.88 Å². The molecule has 2 rings (SSSR count). The molecule has 0 aliphatic carbocycles. The zero-order chi connectivity index (χ0) is 11.4. The Bertz CT molecular complexity index is 546. The van der Waals surface area contributed by atoms with Gasteiger partial charge in [-0.2, -0.15) is 5.26 Å². The molecule has 0 aliphatic rings. The second-order valence-electron chi connectivity index (χ2n) is 3.17. The van der Waals surface area contributed by atoms with Crippen molar-refractivity contribution in [2.24, 2.45) is 0 Å². The normalized spacial score (nSPS) is 10.5. The smallest absolute Gasteiger partial charge is 0.0912 e. The summed E-state index contributed by atoms with van der Waals surface area (Å²) in [7, 11) is 0. The van der Waals surface area contributed by atoms with Gasteiger partial charge in [-0.05, 0) is 35.9 Å². The van der Waals surface area contributed by atoms with Gasteiger partial charge < -0.3 is 0 Å². The van der Waals surface area contributed by atoms with Crippen molar-refractivity contribution in [3.8, 4) is 16.5 Å². The third kappa shape index (κ3) is 2.52. The lowest BCUT2D eigenvalue weighted by Gasteiger charge is -1.96. The van der Waals surface area contributed by atoms with E-state index in [4.69, 9.17) is 16.9 Å². The van der Waals surface area contributed by atoms with Crippen molar-refractivity contribution in [3.05, 3.63) is 52.4 Å². The summed E-state index contributed by atoms with van der Waals surface area (Å²) in [5, 5.41) is 9.18. The Morgan fingerprint density at radius 3 is 2.56 bits per heavy atom. The summed E-state index contributed by atoms with van der Waals surface area (Å²) in [4.78, 5) is 2.25. The third-order valence-electron chi connectivity index (χ3n) is 2.08. The van der Waals surface area contributed by atoms with Crippen molar-refractivity contribution in [2.45, 2.75) is 0 Å². The van der Waals surface area contributed by atoms with Crippen molar-refractivity contribution in [1.82, 2.24) is 0 Å². The second-order valence-corrected chi connectivity index (χ2v) is 4.72. The third-order valence-corrected chi connectivity index (χ3v) is 3.43. The Morgan fingerprint density at radius 2 is 1.88 bits per heavy atom. The van der Waals surface area contributed by atoms with E-state index in [0.29, 0.717) is 0 Å². The molecule has 0 unspecified atom stereocenters. The summed E-state index contributed by atoms with van der Waals surface area (Å²) < 4.78 is 0. The van der Waals surface area contributed by atoms with Gasteiger partial charge in [-0.25, -0.2) is 0 Å². The van der Waals surface area contributed by atoms with E-state index in [9.17, 15) is 0 Å². The van der Waals surface area contributed by atoms with E-state index in [2.05, 4.69) is 0 Å². The van der Waals surface area contributed by atoms with Crippen LogP contribution in [0.3, 0.4) is 0 Å². The van der Waals surface area contributed by atoms with Crippen LogP contribution < -0.4 is 0 Å². The molecule has 1 aromatic carbocycles. The van der Waals surface area contributed by atoms with Crippen LogP contribution in [0.2, 0.25) is 5.02 Å². The number of hydrogen-bond donors (Lipinski definition) is 0. The first-order valence-electron chi connectivity index (χ1n) is 4.71. The number of nitrogens with zero attached hydrogens (tertiary/aromatic N) is 1. The monoisotopic (exact) mass is 245 g/mol. The van der Waals surface area contributed by atoms with Gasteiger partial charge >= 0.3 is 0 Å². The topological polar surface area (TPSA) is 23.8 Å². The largest absolute Gasteiger partial charge is 0.193 e. The number of benzene rings is 1. The van der Waals surface area contributed by atoms with E-state index in [1.807, 2.05) is 48.5 Å². The van der Waals surface area contributed by atoms with E-state index in [0.717, 1.165) is 15.5 Å². The summed E-state index contributed by atoms with van der Waals surface area (Å²) in [5.74, 6) is 0. The first-order chi connectivity index (χ1) is 7.79.